The van der Waals surface area contributed by atoms with Crippen LogP contribution in [0, 0.1) is 6.92 Å². The van der Waals surface area contributed by atoms with Gasteiger partial charge in [-0.15, -0.1) is 0 Å². The number of rotatable bonds is 4. The van der Waals surface area contributed by atoms with Crippen molar-refractivity contribution in [1.29, 1.82) is 0 Å². The Morgan fingerprint density at radius 2 is 2.04 bits per heavy atom. The van der Waals surface area contributed by atoms with Gasteiger partial charge in [0.15, 0.2) is 0 Å². The van der Waals surface area contributed by atoms with Crippen LogP contribution in [0.25, 0.3) is 11.3 Å². The average Bonchev–Trinajstić information content (AvgIpc) is 3.31. The van der Waals surface area contributed by atoms with E-state index in [9.17, 15) is 9.59 Å². The van der Waals surface area contributed by atoms with E-state index < -0.39 is 5.91 Å². The minimum Gasteiger partial charge on any atom is -0.361 e. The quantitative estimate of drug-likeness (QED) is 0.524. The minimum absolute atomic E-state index is 0.0640. The highest BCUT2D eigenvalue weighted by molar-refractivity contribution is 5.91. The smallest absolute Gasteiger partial charge is 0.294 e. The molecule has 2 aromatic heterocycles. The summed E-state index contributed by atoms with van der Waals surface area (Å²) in [6, 6.07) is 9.60. The number of carbonyl (C=O) groups is 2. The first-order valence-electron chi connectivity index (χ1n) is 8.85. The first-order chi connectivity index (χ1) is 13.6. The molecular weight excluding hydrogens is 362 g/mol. The number of carbonyl (C=O) groups excluding carboxylic acids is 2. The number of hydrogen-bond acceptors (Lipinski definition) is 6. The molecule has 0 aliphatic carbocycles. The lowest BCUT2D eigenvalue weighted by Gasteiger charge is -2.27. The highest BCUT2D eigenvalue weighted by Gasteiger charge is 2.26. The van der Waals surface area contributed by atoms with Crippen molar-refractivity contribution in [2.24, 2.45) is 0 Å². The fourth-order valence-corrected chi connectivity index (χ4v) is 3.32. The molecule has 1 aliphatic heterocycles. The Morgan fingerprint density at radius 1 is 1.25 bits per heavy atom. The molecule has 0 bridgehead atoms. The molecule has 2 N–H and O–H groups in total. The maximum absolute atomic E-state index is 12.9. The molecule has 4 rings (SSSR count). The maximum atomic E-state index is 12.9. The van der Waals surface area contributed by atoms with E-state index in [-0.39, 0.29) is 18.0 Å². The first-order valence-corrected chi connectivity index (χ1v) is 8.85. The van der Waals surface area contributed by atoms with Crippen molar-refractivity contribution in [1.82, 2.24) is 25.1 Å². The number of hydrogen-bond donors (Lipinski definition) is 2. The van der Waals surface area contributed by atoms with E-state index >= 15 is 0 Å². The van der Waals surface area contributed by atoms with Gasteiger partial charge in [-0.05, 0) is 6.92 Å². The van der Waals surface area contributed by atoms with Gasteiger partial charge in [-0.2, -0.15) is 0 Å². The summed E-state index contributed by atoms with van der Waals surface area (Å²) in [5.74, 6) is 0.481. The van der Waals surface area contributed by atoms with E-state index in [0.29, 0.717) is 36.9 Å². The molecule has 28 heavy (non-hydrogen) atoms. The van der Waals surface area contributed by atoms with Crippen LogP contribution in [0.3, 0.4) is 0 Å². The molecule has 9 heteroatoms. The lowest BCUT2D eigenvalue weighted by Crippen LogP contribution is -2.39. The van der Waals surface area contributed by atoms with Gasteiger partial charge in [0, 0.05) is 30.4 Å². The van der Waals surface area contributed by atoms with E-state index in [4.69, 9.17) is 9.73 Å². The fourth-order valence-electron chi connectivity index (χ4n) is 3.32. The predicted molar refractivity (Wildman–Crippen MR) is 97.3 cm³/mol. The van der Waals surface area contributed by atoms with Gasteiger partial charge in [-0.25, -0.2) is 10.5 Å². The van der Waals surface area contributed by atoms with Gasteiger partial charge in [-0.3, -0.25) is 14.8 Å². The van der Waals surface area contributed by atoms with Gasteiger partial charge >= 0.3 is 0 Å². The monoisotopic (exact) mass is 381 g/mol. The number of benzene rings is 1. The van der Waals surface area contributed by atoms with Crippen LogP contribution in [0.2, 0.25) is 0 Å². The van der Waals surface area contributed by atoms with Gasteiger partial charge < -0.3 is 14.0 Å². The third-order valence-corrected chi connectivity index (χ3v) is 4.85. The van der Waals surface area contributed by atoms with Crippen molar-refractivity contribution in [3.05, 3.63) is 59.4 Å². The summed E-state index contributed by atoms with van der Waals surface area (Å²) >= 11 is 0. The van der Waals surface area contributed by atoms with Gasteiger partial charge in [0.1, 0.15) is 23.0 Å². The molecule has 0 atom stereocenters. The number of amides is 2. The first kappa shape index (κ1) is 17.9. The Balaban J connectivity index is 1.52. The van der Waals surface area contributed by atoms with Crippen molar-refractivity contribution in [2.45, 2.75) is 26.4 Å². The Labute approximate surface area is 160 Å². The van der Waals surface area contributed by atoms with E-state index in [1.54, 1.807) is 23.5 Å². The number of aromatic nitrogens is 3. The van der Waals surface area contributed by atoms with Crippen LogP contribution in [-0.2, 0) is 24.3 Å². The molecule has 144 valence electrons. The van der Waals surface area contributed by atoms with Crippen LogP contribution in [0.15, 0.2) is 41.1 Å². The van der Waals surface area contributed by atoms with Gasteiger partial charge in [0.05, 0.1) is 13.0 Å². The summed E-state index contributed by atoms with van der Waals surface area (Å²) in [6.45, 7) is 3.13. The largest absolute Gasteiger partial charge is 0.361 e. The summed E-state index contributed by atoms with van der Waals surface area (Å²) < 4.78 is 7.15. The molecule has 1 aliphatic rings. The molecular formula is C19H19N5O4. The van der Waals surface area contributed by atoms with Gasteiger partial charge in [0.25, 0.3) is 5.91 Å². The van der Waals surface area contributed by atoms with Crippen molar-refractivity contribution in [2.75, 3.05) is 6.54 Å². The zero-order valence-electron chi connectivity index (χ0n) is 15.3. The molecule has 1 aromatic carbocycles. The second-order valence-electron chi connectivity index (χ2n) is 6.60. The third kappa shape index (κ3) is 3.27. The SMILES string of the molecule is Cc1onc(-c2ccccc2)c1CC(=O)N1CCn2cc(C(=O)NO)nc2C1. The van der Waals surface area contributed by atoms with Crippen LogP contribution in [0.1, 0.15) is 27.6 Å². The molecule has 0 fully saturated rings. The summed E-state index contributed by atoms with van der Waals surface area (Å²) in [7, 11) is 0. The zero-order valence-corrected chi connectivity index (χ0v) is 15.3. The van der Waals surface area contributed by atoms with Crippen LogP contribution in [-0.4, -0.2) is 43.2 Å². The second kappa shape index (κ2) is 7.28. The number of fused-ring (bicyclic) bond motifs is 1. The van der Waals surface area contributed by atoms with Crippen LogP contribution in [0.4, 0.5) is 0 Å². The Kier molecular flexibility index (Phi) is 4.66. The minimum atomic E-state index is -0.674. The molecule has 0 spiro atoms. The van der Waals surface area contributed by atoms with Gasteiger partial charge in [-0.1, -0.05) is 35.5 Å². The van der Waals surface area contributed by atoms with E-state index in [2.05, 4.69) is 10.1 Å². The fraction of sp³-hybridized carbons (Fsp3) is 0.263. The highest BCUT2D eigenvalue weighted by atomic mass is 16.5. The molecule has 0 saturated heterocycles. The number of aryl methyl sites for hydroxylation is 1. The molecule has 2 amide bonds. The molecule has 9 nitrogen and oxygen atoms in total. The maximum Gasteiger partial charge on any atom is 0.294 e. The average molecular weight is 381 g/mol. The predicted octanol–water partition coefficient (Wildman–Crippen LogP) is 1.55. The Bertz CT molecular complexity index is 1020. The normalized spacial score (nSPS) is 13.3. The number of nitrogens with zero attached hydrogens (tertiary/aromatic N) is 4. The van der Waals surface area contributed by atoms with Crippen LogP contribution in [0.5, 0.6) is 0 Å². The highest BCUT2D eigenvalue weighted by Crippen LogP contribution is 2.26. The van der Waals surface area contributed by atoms with Crippen molar-refractivity contribution in [3.63, 3.8) is 0 Å². The van der Waals surface area contributed by atoms with E-state index in [1.165, 1.54) is 0 Å². The number of nitrogens with one attached hydrogen (secondary N) is 1. The summed E-state index contributed by atoms with van der Waals surface area (Å²) in [6.07, 6.45) is 1.74. The third-order valence-electron chi connectivity index (χ3n) is 4.85. The number of hydroxylamine groups is 1. The Morgan fingerprint density at radius 3 is 2.79 bits per heavy atom. The zero-order chi connectivity index (χ0) is 19.7. The molecule has 0 unspecified atom stereocenters. The lowest BCUT2D eigenvalue weighted by molar-refractivity contribution is -0.132. The number of imidazole rings is 1. The van der Waals surface area contributed by atoms with Crippen molar-refractivity contribution < 1.29 is 19.3 Å². The summed E-state index contributed by atoms with van der Waals surface area (Å²) in [4.78, 5) is 30.3. The molecule has 3 aromatic rings. The van der Waals surface area contributed by atoms with Crippen LogP contribution < -0.4 is 5.48 Å². The summed E-state index contributed by atoms with van der Waals surface area (Å²) in [5, 5.41) is 12.9. The van der Waals surface area contributed by atoms with E-state index in [0.717, 1.165) is 11.1 Å². The Hall–Kier alpha value is -3.46. The van der Waals surface area contributed by atoms with Crippen LogP contribution >= 0.6 is 0 Å². The van der Waals surface area contributed by atoms with E-state index in [1.807, 2.05) is 34.9 Å². The standard InChI is InChI=1S/C19H19N5O4/c1-12-14(18(22-28-12)13-5-3-2-4-6-13)9-17(25)24-8-7-23-10-15(19(26)21-27)20-16(23)11-24/h2-6,10,27H,7-9,11H2,1H3,(H,21,26). The summed E-state index contributed by atoms with van der Waals surface area (Å²) in [5.41, 5.74) is 4.03. The van der Waals surface area contributed by atoms with Crippen molar-refractivity contribution >= 4 is 11.8 Å². The van der Waals surface area contributed by atoms with Crippen molar-refractivity contribution in [3.8, 4) is 11.3 Å². The molecule has 3 heterocycles. The topological polar surface area (TPSA) is 113 Å². The second-order valence-corrected chi connectivity index (χ2v) is 6.60. The molecule has 0 saturated carbocycles. The molecule has 0 radical (unpaired) electrons. The lowest BCUT2D eigenvalue weighted by atomic mass is 10.0. The van der Waals surface area contributed by atoms with Gasteiger partial charge in [0.2, 0.25) is 5.91 Å².